The molecule has 5 nitrogen and oxygen atoms in total. The van der Waals surface area contributed by atoms with E-state index in [9.17, 15) is 4.79 Å². The van der Waals surface area contributed by atoms with Crippen LogP contribution >= 0.6 is 11.6 Å². The zero-order chi connectivity index (χ0) is 15.5. The van der Waals surface area contributed by atoms with E-state index >= 15 is 0 Å². The van der Waals surface area contributed by atoms with Crippen LogP contribution in [0.15, 0.2) is 30.5 Å². The van der Waals surface area contributed by atoms with Crippen molar-refractivity contribution in [1.29, 1.82) is 0 Å². The fourth-order valence-electron chi connectivity index (χ4n) is 2.69. The molecular formula is C16H19ClN4O. The van der Waals surface area contributed by atoms with Crippen LogP contribution in [0.4, 0.5) is 0 Å². The van der Waals surface area contributed by atoms with Gasteiger partial charge in [0.2, 0.25) is 0 Å². The number of rotatable bonds is 3. The molecule has 0 atom stereocenters. The van der Waals surface area contributed by atoms with Crippen molar-refractivity contribution < 1.29 is 4.79 Å². The highest BCUT2D eigenvalue weighted by atomic mass is 35.5. The number of aromatic amines is 1. The maximum Gasteiger partial charge on any atom is 0.257 e. The number of nitrogens with one attached hydrogen (secondary N) is 1. The zero-order valence-electron chi connectivity index (χ0n) is 12.6. The Kier molecular flexibility index (Phi) is 4.45. The molecule has 3 rings (SSSR count). The molecule has 1 aliphatic rings. The number of aromatic nitrogens is 2. The highest BCUT2D eigenvalue weighted by molar-refractivity contribution is 6.30. The van der Waals surface area contributed by atoms with Crippen molar-refractivity contribution in [1.82, 2.24) is 20.0 Å². The molecule has 0 saturated carbocycles. The van der Waals surface area contributed by atoms with Crippen molar-refractivity contribution in [2.45, 2.75) is 13.5 Å². The summed E-state index contributed by atoms with van der Waals surface area (Å²) >= 11 is 5.90. The molecule has 22 heavy (non-hydrogen) atoms. The Morgan fingerprint density at radius 2 is 1.91 bits per heavy atom. The molecule has 1 saturated heterocycles. The van der Waals surface area contributed by atoms with Crippen LogP contribution in [0.5, 0.6) is 0 Å². The Hall–Kier alpha value is -1.85. The minimum absolute atomic E-state index is 0.0670. The van der Waals surface area contributed by atoms with Crippen LogP contribution in [-0.2, 0) is 6.54 Å². The van der Waals surface area contributed by atoms with Gasteiger partial charge in [-0.3, -0.25) is 14.8 Å². The van der Waals surface area contributed by atoms with Crippen molar-refractivity contribution in [2.24, 2.45) is 0 Å². The molecule has 0 radical (unpaired) electrons. The number of amides is 1. The molecule has 0 unspecified atom stereocenters. The average Bonchev–Trinajstić information content (AvgIpc) is 2.96. The fourth-order valence-corrected chi connectivity index (χ4v) is 2.82. The lowest BCUT2D eigenvalue weighted by Crippen LogP contribution is -2.48. The Morgan fingerprint density at radius 3 is 2.50 bits per heavy atom. The molecule has 1 aliphatic heterocycles. The minimum atomic E-state index is 0.0670. The number of hydrogen-bond donors (Lipinski definition) is 1. The third-order valence-corrected chi connectivity index (χ3v) is 4.29. The molecule has 2 aromatic rings. The SMILES string of the molecule is Cc1[nH]ncc1C(=O)N1CCN(Cc2ccc(Cl)cc2)CC1. The van der Waals surface area contributed by atoms with Crippen molar-refractivity contribution in [3.05, 3.63) is 52.3 Å². The number of halogens is 1. The van der Waals surface area contributed by atoms with E-state index in [1.807, 2.05) is 24.0 Å². The average molecular weight is 319 g/mol. The number of H-pyrrole nitrogens is 1. The van der Waals surface area contributed by atoms with Crippen LogP contribution in [0.25, 0.3) is 0 Å². The van der Waals surface area contributed by atoms with Crippen LogP contribution in [0.2, 0.25) is 5.02 Å². The van der Waals surface area contributed by atoms with E-state index in [1.165, 1.54) is 5.56 Å². The van der Waals surface area contributed by atoms with E-state index < -0.39 is 0 Å². The fraction of sp³-hybridized carbons (Fsp3) is 0.375. The second-order valence-electron chi connectivity index (χ2n) is 5.60. The van der Waals surface area contributed by atoms with E-state index in [-0.39, 0.29) is 5.91 Å². The first kappa shape index (κ1) is 15.1. The maximum absolute atomic E-state index is 12.4. The second kappa shape index (κ2) is 6.50. The first-order valence-electron chi connectivity index (χ1n) is 7.39. The van der Waals surface area contributed by atoms with E-state index in [1.54, 1.807) is 6.20 Å². The smallest absolute Gasteiger partial charge is 0.257 e. The number of benzene rings is 1. The molecule has 1 aromatic heterocycles. The summed E-state index contributed by atoms with van der Waals surface area (Å²) in [7, 11) is 0. The number of carbonyl (C=O) groups is 1. The van der Waals surface area contributed by atoms with E-state index in [0.717, 1.165) is 43.4 Å². The first-order chi connectivity index (χ1) is 10.6. The third-order valence-electron chi connectivity index (χ3n) is 4.04. The molecule has 1 aromatic carbocycles. The van der Waals surface area contributed by atoms with Crippen molar-refractivity contribution in [3.8, 4) is 0 Å². The number of hydrogen-bond acceptors (Lipinski definition) is 3. The standard InChI is InChI=1S/C16H19ClN4O/c1-12-15(10-18-19-12)16(22)21-8-6-20(7-9-21)11-13-2-4-14(17)5-3-13/h2-5,10H,6-9,11H2,1H3,(H,18,19). The molecule has 116 valence electrons. The van der Waals surface area contributed by atoms with Crippen molar-refractivity contribution in [3.63, 3.8) is 0 Å². The second-order valence-corrected chi connectivity index (χ2v) is 6.04. The molecule has 0 aliphatic carbocycles. The van der Waals surface area contributed by atoms with Gasteiger partial charge in [-0.25, -0.2) is 0 Å². The van der Waals surface area contributed by atoms with Crippen LogP contribution in [0.3, 0.4) is 0 Å². The van der Waals surface area contributed by atoms with Crippen molar-refractivity contribution >= 4 is 17.5 Å². The Balaban J connectivity index is 1.55. The molecule has 0 bridgehead atoms. The summed E-state index contributed by atoms with van der Waals surface area (Å²) in [5.41, 5.74) is 2.75. The number of nitrogens with zero attached hydrogens (tertiary/aromatic N) is 3. The lowest BCUT2D eigenvalue weighted by atomic mass is 10.2. The van der Waals surface area contributed by atoms with E-state index in [0.29, 0.717) is 5.56 Å². The van der Waals surface area contributed by atoms with Gasteiger partial charge in [-0.1, -0.05) is 23.7 Å². The van der Waals surface area contributed by atoms with Gasteiger partial charge in [0.25, 0.3) is 5.91 Å². The topological polar surface area (TPSA) is 52.2 Å². The van der Waals surface area contributed by atoms with E-state index in [2.05, 4.69) is 27.2 Å². The number of aryl methyl sites for hydroxylation is 1. The van der Waals surface area contributed by atoms with Gasteiger partial charge in [-0.2, -0.15) is 5.10 Å². The normalized spacial score (nSPS) is 16.0. The minimum Gasteiger partial charge on any atom is -0.336 e. The molecule has 1 fully saturated rings. The predicted molar refractivity (Wildman–Crippen MR) is 86.0 cm³/mol. The van der Waals surface area contributed by atoms with Gasteiger partial charge >= 0.3 is 0 Å². The molecule has 1 amide bonds. The molecular weight excluding hydrogens is 300 g/mol. The number of piperazine rings is 1. The van der Waals surface area contributed by atoms with Crippen LogP contribution in [0, 0.1) is 6.92 Å². The highest BCUT2D eigenvalue weighted by Crippen LogP contribution is 2.14. The lowest BCUT2D eigenvalue weighted by molar-refractivity contribution is 0.0628. The summed E-state index contributed by atoms with van der Waals surface area (Å²) in [6, 6.07) is 7.93. The molecule has 0 spiro atoms. The third kappa shape index (κ3) is 3.31. The summed E-state index contributed by atoms with van der Waals surface area (Å²) in [5.74, 6) is 0.0670. The van der Waals surface area contributed by atoms with E-state index in [4.69, 9.17) is 11.6 Å². The van der Waals surface area contributed by atoms with Gasteiger partial charge in [-0.15, -0.1) is 0 Å². The van der Waals surface area contributed by atoms with Gasteiger partial charge in [0, 0.05) is 43.4 Å². The first-order valence-corrected chi connectivity index (χ1v) is 7.77. The lowest BCUT2D eigenvalue weighted by Gasteiger charge is -2.34. The van der Waals surface area contributed by atoms with Gasteiger partial charge in [0.1, 0.15) is 0 Å². The summed E-state index contributed by atoms with van der Waals surface area (Å²) in [5, 5.41) is 7.50. The summed E-state index contributed by atoms with van der Waals surface area (Å²) in [6.45, 7) is 6.02. The quantitative estimate of drug-likeness (QED) is 0.945. The summed E-state index contributed by atoms with van der Waals surface area (Å²) in [4.78, 5) is 16.7. The molecule has 2 heterocycles. The predicted octanol–water partition coefficient (Wildman–Crippen LogP) is 2.33. The Bertz CT molecular complexity index is 644. The van der Waals surface area contributed by atoms with Crippen LogP contribution in [0.1, 0.15) is 21.6 Å². The maximum atomic E-state index is 12.4. The number of carbonyl (C=O) groups excluding carboxylic acids is 1. The Labute approximate surface area is 134 Å². The van der Waals surface area contributed by atoms with Gasteiger partial charge in [0.15, 0.2) is 0 Å². The summed E-state index contributed by atoms with van der Waals surface area (Å²) in [6.07, 6.45) is 1.61. The van der Waals surface area contributed by atoms with Crippen LogP contribution < -0.4 is 0 Å². The summed E-state index contributed by atoms with van der Waals surface area (Å²) < 4.78 is 0. The molecule has 6 heteroatoms. The van der Waals surface area contributed by atoms with Gasteiger partial charge < -0.3 is 4.90 Å². The van der Waals surface area contributed by atoms with Crippen molar-refractivity contribution in [2.75, 3.05) is 26.2 Å². The van der Waals surface area contributed by atoms with Gasteiger partial charge in [-0.05, 0) is 24.6 Å². The Morgan fingerprint density at radius 1 is 1.23 bits per heavy atom. The monoisotopic (exact) mass is 318 g/mol. The van der Waals surface area contributed by atoms with Crippen LogP contribution in [-0.4, -0.2) is 52.1 Å². The van der Waals surface area contributed by atoms with Gasteiger partial charge in [0.05, 0.1) is 11.8 Å². The largest absolute Gasteiger partial charge is 0.336 e. The zero-order valence-corrected chi connectivity index (χ0v) is 13.3. The highest BCUT2D eigenvalue weighted by Gasteiger charge is 2.23. The molecule has 1 N–H and O–H groups in total.